The number of carbonyl (C=O) groups is 2. The highest BCUT2D eigenvalue weighted by molar-refractivity contribution is 5.84. The number of carbonyl (C=O) groups excluding carboxylic acids is 2. The molecule has 0 bridgehead atoms. The number of alkyl halides is 3. The molecule has 6 nitrogen and oxygen atoms in total. The van der Waals surface area contributed by atoms with Gasteiger partial charge in [0, 0.05) is 12.6 Å². The Hall–Kier alpha value is -1.35. The van der Waals surface area contributed by atoms with Gasteiger partial charge in [-0.3, -0.25) is 9.59 Å². The van der Waals surface area contributed by atoms with Crippen LogP contribution in [0.1, 0.15) is 12.8 Å². The first kappa shape index (κ1) is 16.7. The lowest BCUT2D eigenvalue weighted by Gasteiger charge is -2.27. The molecule has 0 aromatic carbocycles. The minimum atomic E-state index is -4.41. The van der Waals surface area contributed by atoms with Gasteiger partial charge in [0.15, 0.2) is 0 Å². The number of nitrogens with zero attached hydrogens (tertiary/aromatic N) is 1. The smallest absolute Gasteiger partial charge is 0.372 e. The van der Waals surface area contributed by atoms with Gasteiger partial charge >= 0.3 is 6.18 Å². The van der Waals surface area contributed by atoms with Crippen LogP contribution in [0, 0.1) is 0 Å². The molecule has 1 fully saturated rings. The summed E-state index contributed by atoms with van der Waals surface area (Å²) in [4.78, 5) is 24.2. The average molecular weight is 297 g/mol. The summed E-state index contributed by atoms with van der Waals surface area (Å²) in [6, 6.07) is -0.155. The summed E-state index contributed by atoms with van der Waals surface area (Å²) in [5.41, 5.74) is 5.08. The minimum Gasteiger partial charge on any atom is -0.372 e. The number of rotatable bonds is 7. The monoisotopic (exact) mass is 297 g/mol. The van der Waals surface area contributed by atoms with Gasteiger partial charge in [-0.1, -0.05) is 0 Å². The maximum Gasteiger partial charge on any atom is 0.411 e. The van der Waals surface area contributed by atoms with Crippen LogP contribution in [0.15, 0.2) is 0 Å². The predicted molar refractivity (Wildman–Crippen MR) is 63.7 cm³/mol. The number of amides is 2. The molecule has 0 radical (unpaired) electrons. The molecule has 1 aliphatic rings. The van der Waals surface area contributed by atoms with E-state index < -0.39 is 24.6 Å². The number of primary amides is 1. The number of nitrogens with one attached hydrogen (secondary N) is 1. The van der Waals surface area contributed by atoms with Crippen molar-refractivity contribution in [1.82, 2.24) is 10.2 Å². The van der Waals surface area contributed by atoms with E-state index in [1.807, 2.05) is 0 Å². The largest absolute Gasteiger partial charge is 0.411 e. The molecule has 116 valence electrons. The van der Waals surface area contributed by atoms with Gasteiger partial charge in [-0.25, -0.2) is 0 Å². The third kappa shape index (κ3) is 6.20. The summed E-state index contributed by atoms with van der Waals surface area (Å²) < 4.78 is 40.0. The summed E-state index contributed by atoms with van der Waals surface area (Å²) in [7, 11) is 0. The Morgan fingerprint density at radius 3 is 2.60 bits per heavy atom. The molecule has 0 saturated carbocycles. The third-order valence-corrected chi connectivity index (χ3v) is 2.85. The van der Waals surface area contributed by atoms with E-state index in [1.165, 1.54) is 4.90 Å². The highest BCUT2D eigenvalue weighted by Crippen LogP contribution is 2.15. The van der Waals surface area contributed by atoms with Crippen LogP contribution in [0.5, 0.6) is 0 Å². The van der Waals surface area contributed by atoms with Crippen molar-refractivity contribution < 1.29 is 27.5 Å². The van der Waals surface area contributed by atoms with Gasteiger partial charge in [-0.2, -0.15) is 13.2 Å². The van der Waals surface area contributed by atoms with E-state index in [9.17, 15) is 22.8 Å². The van der Waals surface area contributed by atoms with E-state index in [-0.39, 0.29) is 25.6 Å². The Morgan fingerprint density at radius 1 is 1.40 bits per heavy atom. The summed E-state index contributed by atoms with van der Waals surface area (Å²) in [5, 5.41) is 3.04. The zero-order valence-electron chi connectivity index (χ0n) is 10.9. The van der Waals surface area contributed by atoms with Gasteiger partial charge in [-0.05, 0) is 13.0 Å². The molecule has 0 aromatic rings. The van der Waals surface area contributed by atoms with E-state index in [4.69, 9.17) is 5.73 Å². The van der Waals surface area contributed by atoms with Gasteiger partial charge in [0.05, 0.1) is 19.6 Å². The zero-order chi connectivity index (χ0) is 15.2. The van der Waals surface area contributed by atoms with Crippen LogP contribution >= 0.6 is 0 Å². The van der Waals surface area contributed by atoms with Crippen LogP contribution in [0.2, 0.25) is 0 Å². The Labute approximate surface area is 114 Å². The second-order valence-corrected chi connectivity index (χ2v) is 4.55. The number of hydrogen-bond acceptors (Lipinski definition) is 4. The van der Waals surface area contributed by atoms with Crippen LogP contribution in [0.4, 0.5) is 13.2 Å². The van der Waals surface area contributed by atoms with Crippen molar-refractivity contribution in [3.63, 3.8) is 0 Å². The lowest BCUT2D eigenvalue weighted by molar-refractivity contribution is -0.175. The van der Waals surface area contributed by atoms with Crippen LogP contribution in [0.25, 0.3) is 0 Å². The van der Waals surface area contributed by atoms with Crippen molar-refractivity contribution in [1.29, 1.82) is 0 Å². The molecule has 1 aliphatic heterocycles. The first-order valence-electron chi connectivity index (χ1n) is 6.22. The molecule has 1 unspecified atom stereocenters. The van der Waals surface area contributed by atoms with Gasteiger partial charge in [-0.15, -0.1) is 0 Å². The maximum atomic E-state index is 11.9. The molecular formula is C11H18F3N3O3. The molecule has 1 saturated heterocycles. The van der Waals surface area contributed by atoms with Crippen LogP contribution in [0.3, 0.4) is 0 Å². The molecule has 0 spiro atoms. The Kier molecular flexibility index (Phi) is 6.21. The van der Waals surface area contributed by atoms with Crippen molar-refractivity contribution in [2.75, 3.05) is 32.8 Å². The van der Waals surface area contributed by atoms with Crippen molar-refractivity contribution in [2.24, 2.45) is 5.73 Å². The summed E-state index contributed by atoms with van der Waals surface area (Å²) in [5.74, 6) is -1.08. The topological polar surface area (TPSA) is 84.7 Å². The normalized spacial score (nSPS) is 19.1. The fourth-order valence-corrected chi connectivity index (χ4v) is 1.99. The molecule has 1 atom stereocenters. The first-order valence-corrected chi connectivity index (χ1v) is 6.22. The lowest BCUT2D eigenvalue weighted by atomic mass is 10.2. The van der Waals surface area contributed by atoms with Gasteiger partial charge in [0.2, 0.25) is 11.8 Å². The average Bonchev–Trinajstić information content (AvgIpc) is 2.83. The van der Waals surface area contributed by atoms with Crippen LogP contribution in [-0.2, 0) is 14.3 Å². The molecule has 2 amide bonds. The second kappa shape index (κ2) is 7.44. The van der Waals surface area contributed by atoms with Gasteiger partial charge in [0.1, 0.15) is 6.61 Å². The van der Waals surface area contributed by atoms with Crippen molar-refractivity contribution in [3.8, 4) is 0 Å². The fraction of sp³-hybridized carbons (Fsp3) is 0.818. The van der Waals surface area contributed by atoms with Crippen molar-refractivity contribution in [2.45, 2.75) is 25.1 Å². The second-order valence-electron chi connectivity index (χ2n) is 4.55. The van der Waals surface area contributed by atoms with E-state index in [1.54, 1.807) is 0 Å². The van der Waals surface area contributed by atoms with Crippen molar-refractivity contribution >= 4 is 11.8 Å². The molecule has 20 heavy (non-hydrogen) atoms. The standard InChI is InChI=1S/C11H18F3N3O3/c12-11(13,14)7-20-4-2-10(19)17(6-9(15)18)8-1-3-16-5-8/h8,16H,1-7H2,(H2,15,18). The molecular weight excluding hydrogens is 279 g/mol. The van der Waals surface area contributed by atoms with E-state index in [0.29, 0.717) is 13.0 Å². The van der Waals surface area contributed by atoms with Crippen LogP contribution < -0.4 is 11.1 Å². The number of nitrogens with two attached hydrogens (primary N) is 1. The maximum absolute atomic E-state index is 11.9. The van der Waals surface area contributed by atoms with E-state index in [0.717, 1.165) is 6.54 Å². The third-order valence-electron chi connectivity index (χ3n) is 2.85. The SMILES string of the molecule is NC(=O)CN(C(=O)CCOCC(F)(F)F)C1CCNC1. The predicted octanol–water partition coefficient (Wildman–Crippen LogP) is -0.369. The molecule has 1 heterocycles. The molecule has 0 aliphatic carbocycles. The lowest BCUT2D eigenvalue weighted by Crippen LogP contribution is -2.46. The molecule has 3 N–H and O–H groups in total. The van der Waals surface area contributed by atoms with E-state index in [2.05, 4.69) is 10.1 Å². The molecule has 0 aromatic heterocycles. The summed E-state index contributed by atoms with van der Waals surface area (Å²) in [6.07, 6.45) is -3.94. The number of hydrogen-bond donors (Lipinski definition) is 2. The van der Waals surface area contributed by atoms with Gasteiger partial charge in [0.25, 0.3) is 0 Å². The molecule has 9 heteroatoms. The summed E-state index contributed by atoms with van der Waals surface area (Å²) >= 11 is 0. The van der Waals surface area contributed by atoms with Crippen molar-refractivity contribution in [3.05, 3.63) is 0 Å². The Balaban J connectivity index is 2.40. The van der Waals surface area contributed by atoms with Gasteiger partial charge < -0.3 is 20.7 Å². The van der Waals surface area contributed by atoms with Crippen LogP contribution in [-0.4, -0.2) is 61.8 Å². The number of halogens is 3. The quantitative estimate of drug-likeness (QED) is 0.628. The van der Waals surface area contributed by atoms with E-state index >= 15 is 0 Å². The Morgan fingerprint density at radius 2 is 2.10 bits per heavy atom. The Bertz CT molecular complexity index is 344. The highest BCUT2D eigenvalue weighted by atomic mass is 19.4. The molecule has 1 rings (SSSR count). The highest BCUT2D eigenvalue weighted by Gasteiger charge is 2.29. The minimum absolute atomic E-state index is 0.155. The first-order chi connectivity index (χ1) is 9.29. The fourth-order valence-electron chi connectivity index (χ4n) is 1.99. The summed E-state index contributed by atoms with van der Waals surface area (Å²) in [6.45, 7) is -0.695. The zero-order valence-corrected chi connectivity index (χ0v) is 10.9. The number of ether oxygens (including phenoxy) is 1.